The van der Waals surface area contributed by atoms with Crippen LogP contribution in [0.5, 0.6) is 17.2 Å². The summed E-state index contributed by atoms with van der Waals surface area (Å²) >= 11 is 17.2. The number of anilines is 4. The van der Waals surface area contributed by atoms with Crippen molar-refractivity contribution >= 4 is 107 Å². The van der Waals surface area contributed by atoms with Crippen molar-refractivity contribution in [2.24, 2.45) is 0 Å². The van der Waals surface area contributed by atoms with Gasteiger partial charge in [0, 0.05) is 92.0 Å². The van der Waals surface area contributed by atoms with E-state index < -0.39 is 31.8 Å². The van der Waals surface area contributed by atoms with Crippen LogP contribution in [0.25, 0.3) is 0 Å². The van der Waals surface area contributed by atoms with Crippen molar-refractivity contribution in [2.45, 2.75) is 20.8 Å². The maximum Gasteiger partial charge on any atom is 0.323 e. The van der Waals surface area contributed by atoms with E-state index in [1.54, 1.807) is 85.8 Å². The molecule has 0 bridgehead atoms. The summed E-state index contributed by atoms with van der Waals surface area (Å²) in [5, 5.41) is 24.9. The molecule has 0 aliphatic heterocycles. The maximum absolute atomic E-state index is 12.2. The molecule has 14 nitrogen and oxygen atoms in total. The molecule has 63 heavy (non-hydrogen) atoms. The number of ether oxygens (including phenoxy) is 1. The van der Waals surface area contributed by atoms with Gasteiger partial charge in [-0.25, -0.2) is 9.59 Å². The van der Waals surface area contributed by atoms with Gasteiger partial charge < -0.3 is 41.7 Å². The Bertz CT molecular complexity index is 2660. The largest absolute Gasteiger partial charge is 0.457 e. The van der Waals surface area contributed by atoms with Crippen LogP contribution in [0.4, 0.5) is 32.3 Å². The number of hydrogen-bond acceptors (Lipinski definition) is 8. The fourth-order valence-corrected chi connectivity index (χ4v) is 4.94. The van der Waals surface area contributed by atoms with Gasteiger partial charge in [0.15, 0.2) is 0 Å². The first-order valence-electron chi connectivity index (χ1n) is 20.6. The standard InChI is InChI=1S/C21H19ClN4O3.C14H13ClN2O2.C8H10N2O.I3.V/c1-13-11-15(5-8-18(13)22)26-21(28)25-14-3-6-16(7-4-14)29-17-9-10-24-19(12-17)20(27)23-2;1-9-8-11(4-7-13(9)15)17-14(19)16-10-2-5-12(18)6-3-10;1-6-3-4-10-7(5-6)8(11)9-2;1-3-2;/h3-12H,1-2H3,(H,23,27)(H2,25,26,28);2-8,18H,1H3,(H2,16,17,19);3-5H,1-2H3,(H,9,11);;/q;;;-1;/i2D3;;2D3;;. The van der Waals surface area contributed by atoms with E-state index in [0.717, 1.165) is 16.7 Å². The van der Waals surface area contributed by atoms with E-state index in [0.29, 0.717) is 57.5 Å². The molecule has 2 heterocycles. The van der Waals surface area contributed by atoms with E-state index in [9.17, 15) is 19.2 Å². The van der Waals surface area contributed by atoms with Gasteiger partial charge in [0.1, 0.15) is 28.6 Å². The first kappa shape index (κ1) is 45.2. The van der Waals surface area contributed by atoms with Gasteiger partial charge in [-0.15, -0.1) is 0 Å². The van der Waals surface area contributed by atoms with Gasteiger partial charge >= 0.3 is 62.5 Å². The second-order valence-electron chi connectivity index (χ2n) is 12.3. The minimum absolute atomic E-state index is 0. The summed E-state index contributed by atoms with van der Waals surface area (Å²) in [6.45, 7) is 0.425. The van der Waals surface area contributed by atoms with E-state index >= 15 is 0 Å². The molecule has 1 radical (unpaired) electrons. The zero-order chi connectivity index (χ0) is 50.6. The normalized spacial score (nSPS) is 11.5. The summed E-state index contributed by atoms with van der Waals surface area (Å²) in [4.78, 5) is 54.8. The van der Waals surface area contributed by atoms with Gasteiger partial charge in [-0.3, -0.25) is 19.6 Å². The number of nitrogens with zero attached hydrogens (tertiary/aromatic N) is 2. The number of aromatic nitrogens is 2. The van der Waals surface area contributed by atoms with E-state index in [1.807, 2.05) is 24.5 Å². The number of amides is 6. The number of aryl methyl sites for hydroxylation is 3. The number of hydrogen-bond donors (Lipinski definition) is 7. The number of benzene rings is 4. The van der Waals surface area contributed by atoms with Crippen LogP contribution >= 0.6 is 60.4 Å². The molecule has 0 fully saturated rings. The van der Waals surface area contributed by atoms with Crippen molar-refractivity contribution in [3.8, 4) is 17.2 Å². The molecule has 6 rings (SSSR count). The predicted octanol–water partition coefficient (Wildman–Crippen LogP) is 8.36. The van der Waals surface area contributed by atoms with Crippen LogP contribution in [0.2, 0.25) is 10.0 Å². The van der Waals surface area contributed by atoms with Gasteiger partial charge in [-0.2, -0.15) is 0 Å². The maximum atomic E-state index is 12.2. The number of urea groups is 2. The number of nitrogens with one attached hydrogen (secondary N) is 6. The van der Waals surface area contributed by atoms with Crippen molar-refractivity contribution in [3.63, 3.8) is 0 Å². The average molecular weight is 1280 g/mol. The zero-order valence-corrected chi connectivity index (χ0v) is 42.6. The zero-order valence-electron chi connectivity index (χ0n) is 39.3. The van der Waals surface area contributed by atoms with Crippen LogP contribution in [0.15, 0.2) is 122 Å². The minimum Gasteiger partial charge on any atom is -0.457 e. The molecule has 0 aliphatic rings. The SMILES string of the molecule is Cc1cc(NC(=O)Nc2ccc(O)cc2)ccc1Cl.I[I-]I.[2H]C([2H])([2H])NC(=O)c1cc(C)ccn1.[2H]C([2H])([2H])NC(=O)c1cc(Oc2ccc(NC(=O)Nc3ccc(Cl)c(C)c3)cc2)ccn1.[V]. The number of carbonyl (C=O) groups is 4. The molecule has 4 aromatic carbocycles. The Morgan fingerprint density at radius 2 is 1.02 bits per heavy atom. The summed E-state index contributed by atoms with van der Waals surface area (Å²) < 4.78 is 47.5. The Hall–Kier alpha value is -4.39. The number of pyridine rings is 2. The Morgan fingerprint density at radius 3 is 1.46 bits per heavy atom. The molecule has 6 amide bonds. The van der Waals surface area contributed by atoms with Crippen LogP contribution in [0.1, 0.15) is 45.9 Å². The van der Waals surface area contributed by atoms with Gasteiger partial charge in [-0.05, 0) is 141 Å². The quantitative estimate of drug-likeness (QED) is 0.0583. The summed E-state index contributed by atoms with van der Waals surface area (Å²) in [5.41, 5.74) is 5.03. The number of rotatable bonds is 8. The molecule has 6 aromatic rings. The van der Waals surface area contributed by atoms with Crippen molar-refractivity contribution in [1.82, 2.24) is 20.6 Å². The van der Waals surface area contributed by atoms with Crippen LogP contribution in [-0.4, -0.2) is 52.9 Å². The van der Waals surface area contributed by atoms with E-state index in [2.05, 4.69) is 68.5 Å². The van der Waals surface area contributed by atoms with Crippen LogP contribution in [0, 0.1) is 20.8 Å². The van der Waals surface area contributed by atoms with Gasteiger partial charge in [0.25, 0.3) is 11.8 Å². The number of phenolic OH excluding ortho intramolecular Hbond substituents is 1. The van der Waals surface area contributed by atoms with Crippen molar-refractivity contribution in [2.75, 3.05) is 35.2 Å². The summed E-state index contributed by atoms with van der Waals surface area (Å²) in [6, 6.07) is 28.5. The molecule has 20 heteroatoms. The monoisotopic (exact) mass is 1270 g/mol. The van der Waals surface area contributed by atoms with Crippen molar-refractivity contribution in [3.05, 3.63) is 160 Å². The Balaban J connectivity index is 0.000000374. The molecular weight excluding hydrogens is 1230 g/mol. The van der Waals surface area contributed by atoms with E-state index in [4.69, 9.17) is 41.3 Å². The molecule has 2 aromatic heterocycles. The van der Waals surface area contributed by atoms with Crippen LogP contribution in [-0.2, 0) is 18.6 Å². The Kier molecular flexibility index (Phi) is 20.9. The van der Waals surface area contributed by atoms with Gasteiger partial charge in [0.2, 0.25) is 0 Å². The Morgan fingerprint density at radius 1 is 0.603 bits per heavy atom. The third-order valence-corrected chi connectivity index (χ3v) is 8.49. The van der Waals surface area contributed by atoms with Gasteiger partial charge in [-0.1, -0.05) is 23.2 Å². The molecule has 0 saturated heterocycles. The third kappa shape index (κ3) is 20.3. The second kappa shape index (κ2) is 29.1. The predicted molar refractivity (Wildman–Crippen MR) is 260 cm³/mol. The molecule has 0 atom stereocenters. The molecular formula is C43H42Cl2I3N8O6V-. The number of aromatic hydroxyl groups is 1. The van der Waals surface area contributed by atoms with E-state index in [1.165, 1.54) is 42.7 Å². The van der Waals surface area contributed by atoms with Gasteiger partial charge in [0.05, 0.1) is 0 Å². The van der Waals surface area contributed by atoms with Crippen LogP contribution in [0.3, 0.4) is 0 Å². The fraction of sp³-hybridized carbons (Fsp3) is 0.116. The second-order valence-corrected chi connectivity index (χ2v) is 29.4. The summed E-state index contributed by atoms with van der Waals surface area (Å²) in [6.07, 6.45) is 2.80. The van der Waals surface area contributed by atoms with Crippen molar-refractivity contribution in [1.29, 1.82) is 0 Å². The summed E-state index contributed by atoms with van der Waals surface area (Å²) in [5.74, 6) is -0.630. The fourth-order valence-electron chi connectivity index (χ4n) is 4.71. The molecule has 0 unspecified atom stereocenters. The molecule has 331 valence electrons. The minimum atomic E-state index is -2.61. The first-order chi connectivity index (χ1) is 31.9. The van der Waals surface area contributed by atoms with Crippen molar-refractivity contribution < 1.29 is 69.1 Å². The smallest absolute Gasteiger partial charge is 0.323 e. The average Bonchev–Trinajstić information content (AvgIpc) is 3.25. The topological polar surface area (TPSA) is 196 Å². The van der Waals surface area contributed by atoms with E-state index in [-0.39, 0.29) is 41.7 Å². The summed E-state index contributed by atoms with van der Waals surface area (Å²) in [7, 11) is 0. The molecule has 7 N–H and O–H groups in total. The Labute approximate surface area is 425 Å². The molecule has 0 spiro atoms. The number of phenols is 1. The molecule has 0 saturated carbocycles. The number of carbonyl (C=O) groups excluding carboxylic acids is 4. The first-order valence-corrected chi connectivity index (χ1v) is 30.9. The van der Waals surface area contributed by atoms with Crippen LogP contribution < -0.4 is 49.9 Å². The molecule has 0 aliphatic carbocycles. The number of halogens is 5. The third-order valence-electron chi connectivity index (χ3n) is 7.64.